The number of aliphatic hydroxyl groups is 1. The van der Waals surface area contributed by atoms with Crippen LogP contribution in [0.1, 0.15) is 31.2 Å². The van der Waals surface area contributed by atoms with Gasteiger partial charge in [-0.25, -0.2) is 8.42 Å². The third-order valence-electron chi connectivity index (χ3n) is 4.19. The van der Waals surface area contributed by atoms with Crippen molar-refractivity contribution in [2.75, 3.05) is 13.2 Å². The Kier molecular flexibility index (Phi) is 4.22. The van der Waals surface area contributed by atoms with Gasteiger partial charge >= 0.3 is 0 Å². The molecule has 0 saturated carbocycles. The number of nitrogens with zero attached hydrogens (tertiary/aromatic N) is 3. The SMILES string of the molecule is Cc1nn(C)c(C)c1S(=O)(=O)N1CC(CO)CCC1C. The molecule has 7 heteroatoms. The second-order valence-electron chi connectivity index (χ2n) is 5.67. The van der Waals surface area contributed by atoms with Gasteiger partial charge in [0.1, 0.15) is 4.90 Å². The van der Waals surface area contributed by atoms with Crippen LogP contribution < -0.4 is 0 Å². The summed E-state index contributed by atoms with van der Waals surface area (Å²) in [5, 5.41) is 13.5. The number of aryl methyl sites for hydroxylation is 2. The van der Waals surface area contributed by atoms with Gasteiger partial charge < -0.3 is 5.11 Å². The van der Waals surface area contributed by atoms with Crippen molar-refractivity contribution >= 4 is 10.0 Å². The highest BCUT2D eigenvalue weighted by Crippen LogP contribution is 2.30. The Balaban J connectivity index is 2.43. The molecule has 0 amide bonds. The van der Waals surface area contributed by atoms with Crippen LogP contribution in [-0.4, -0.2) is 46.8 Å². The highest BCUT2D eigenvalue weighted by molar-refractivity contribution is 7.89. The smallest absolute Gasteiger partial charge is 0.246 e. The second kappa shape index (κ2) is 5.46. The van der Waals surface area contributed by atoms with Crippen LogP contribution in [0.5, 0.6) is 0 Å². The summed E-state index contributed by atoms with van der Waals surface area (Å²) in [6.07, 6.45) is 1.65. The van der Waals surface area contributed by atoms with E-state index in [1.165, 1.54) is 4.31 Å². The molecule has 20 heavy (non-hydrogen) atoms. The summed E-state index contributed by atoms with van der Waals surface area (Å²) in [5.41, 5.74) is 1.18. The van der Waals surface area contributed by atoms with E-state index in [1.807, 2.05) is 6.92 Å². The summed E-state index contributed by atoms with van der Waals surface area (Å²) < 4.78 is 28.9. The summed E-state index contributed by atoms with van der Waals surface area (Å²) in [7, 11) is -1.81. The van der Waals surface area contributed by atoms with Crippen LogP contribution in [-0.2, 0) is 17.1 Å². The lowest BCUT2D eigenvalue weighted by Gasteiger charge is -2.36. The van der Waals surface area contributed by atoms with E-state index in [0.29, 0.717) is 22.8 Å². The molecule has 6 nitrogen and oxygen atoms in total. The fraction of sp³-hybridized carbons (Fsp3) is 0.769. The number of hydrogen-bond acceptors (Lipinski definition) is 4. The maximum absolute atomic E-state index is 12.9. The van der Waals surface area contributed by atoms with Gasteiger partial charge in [0.05, 0.1) is 11.4 Å². The summed E-state index contributed by atoms with van der Waals surface area (Å²) in [6.45, 7) is 5.83. The normalized spacial score (nSPS) is 25.1. The van der Waals surface area contributed by atoms with Crippen LogP contribution in [0.2, 0.25) is 0 Å². The van der Waals surface area contributed by atoms with Crippen molar-refractivity contribution < 1.29 is 13.5 Å². The van der Waals surface area contributed by atoms with E-state index in [2.05, 4.69) is 5.10 Å². The maximum atomic E-state index is 12.9. The Morgan fingerprint density at radius 1 is 1.35 bits per heavy atom. The van der Waals surface area contributed by atoms with Crippen LogP contribution in [0.15, 0.2) is 4.90 Å². The van der Waals surface area contributed by atoms with Gasteiger partial charge in [0, 0.05) is 26.2 Å². The van der Waals surface area contributed by atoms with Crippen LogP contribution in [0.4, 0.5) is 0 Å². The topological polar surface area (TPSA) is 75.4 Å². The number of aromatic nitrogens is 2. The molecule has 1 saturated heterocycles. The molecule has 2 rings (SSSR count). The minimum absolute atomic E-state index is 0.0262. The molecule has 2 heterocycles. The number of piperidine rings is 1. The van der Waals surface area contributed by atoms with Crippen molar-refractivity contribution in [1.29, 1.82) is 0 Å². The van der Waals surface area contributed by atoms with Crippen LogP contribution in [0.3, 0.4) is 0 Å². The van der Waals surface area contributed by atoms with Crippen molar-refractivity contribution in [3.05, 3.63) is 11.4 Å². The summed E-state index contributed by atoms with van der Waals surface area (Å²) in [5.74, 6) is 0.0262. The summed E-state index contributed by atoms with van der Waals surface area (Å²) in [6, 6.07) is -0.0400. The molecule has 1 aliphatic heterocycles. The van der Waals surface area contributed by atoms with E-state index in [-0.39, 0.29) is 18.6 Å². The molecule has 2 unspecified atom stereocenters. The number of sulfonamides is 1. The molecule has 1 fully saturated rings. The van der Waals surface area contributed by atoms with Crippen molar-refractivity contribution in [3.63, 3.8) is 0 Å². The van der Waals surface area contributed by atoms with Gasteiger partial charge in [0.2, 0.25) is 10.0 Å². The fourth-order valence-electron chi connectivity index (χ4n) is 2.88. The van der Waals surface area contributed by atoms with Crippen molar-refractivity contribution in [2.45, 2.75) is 44.6 Å². The van der Waals surface area contributed by atoms with E-state index in [1.54, 1.807) is 25.6 Å². The molecule has 0 radical (unpaired) electrons. The second-order valence-corrected chi connectivity index (χ2v) is 7.50. The number of aliphatic hydroxyl groups excluding tert-OH is 1. The Morgan fingerprint density at radius 3 is 2.50 bits per heavy atom. The van der Waals surface area contributed by atoms with Gasteiger partial charge in [-0.15, -0.1) is 0 Å². The molecular weight excluding hydrogens is 278 g/mol. The van der Waals surface area contributed by atoms with Crippen molar-refractivity contribution in [1.82, 2.24) is 14.1 Å². The van der Waals surface area contributed by atoms with Gasteiger partial charge in [-0.05, 0) is 39.5 Å². The molecule has 1 aliphatic rings. The zero-order valence-corrected chi connectivity index (χ0v) is 13.3. The lowest BCUT2D eigenvalue weighted by Crippen LogP contribution is -2.46. The third kappa shape index (κ3) is 2.49. The van der Waals surface area contributed by atoms with Crippen LogP contribution >= 0.6 is 0 Å². The van der Waals surface area contributed by atoms with Gasteiger partial charge in [0.15, 0.2) is 0 Å². The summed E-state index contributed by atoms with van der Waals surface area (Å²) in [4.78, 5) is 0.311. The van der Waals surface area contributed by atoms with Gasteiger partial charge in [0.25, 0.3) is 0 Å². The first-order valence-electron chi connectivity index (χ1n) is 6.92. The minimum Gasteiger partial charge on any atom is -0.396 e. The first kappa shape index (κ1) is 15.5. The highest BCUT2D eigenvalue weighted by atomic mass is 32.2. The predicted octanol–water partition coefficient (Wildman–Crippen LogP) is 0.818. The standard InChI is InChI=1S/C13H23N3O3S/c1-9-5-6-12(8-17)7-16(9)20(18,19)13-10(2)14-15(4)11(13)3/h9,12,17H,5-8H2,1-4H3. The van der Waals surface area contributed by atoms with Crippen LogP contribution in [0, 0.1) is 19.8 Å². The molecule has 0 aromatic carbocycles. The largest absolute Gasteiger partial charge is 0.396 e. The zero-order chi connectivity index (χ0) is 15.1. The highest BCUT2D eigenvalue weighted by Gasteiger charge is 2.37. The molecule has 2 atom stereocenters. The lowest BCUT2D eigenvalue weighted by atomic mass is 9.96. The molecule has 0 spiro atoms. The summed E-state index contributed by atoms with van der Waals surface area (Å²) >= 11 is 0. The third-order valence-corrected chi connectivity index (χ3v) is 6.42. The molecule has 0 bridgehead atoms. The lowest BCUT2D eigenvalue weighted by molar-refractivity contribution is 0.139. The van der Waals surface area contributed by atoms with Crippen molar-refractivity contribution in [3.8, 4) is 0 Å². The minimum atomic E-state index is -3.56. The Labute approximate surface area is 120 Å². The molecule has 1 aromatic rings. The van der Waals surface area contributed by atoms with Crippen molar-refractivity contribution in [2.24, 2.45) is 13.0 Å². The van der Waals surface area contributed by atoms with Gasteiger partial charge in [-0.1, -0.05) is 0 Å². The molecule has 1 N–H and O–H groups in total. The molecular formula is C13H23N3O3S. The molecule has 1 aromatic heterocycles. The van der Waals surface area contributed by atoms with E-state index in [9.17, 15) is 13.5 Å². The molecule has 0 aliphatic carbocycles. The average molecular weight is 301 g/mol. The van der Waals surface area contributed by atoms with E-state index >= 15 is 0 Å². The van der Waals surface area contributed by atoms with E-state index in [4.69, 9.17) is 0 Å². The first-order chi connectivity index (χ1) is 9.28. The Morgan fingerprint density at radius 2 is 2.00 bits per heavy atom. The zero-order valence-electron chi connectivity index (χ0n) is 12.5. The van der Waals surface area contributed by atoms with Crippen LogP contribution in [0.25, 0.3) is 0 Å². The van der Waals surface area contributed by atoms with E-state index < -0.39 is 10.0 Å². The fourth-order valence-corrected chi connectivity index (χ4v) is 5.02. The number of hydrogen-bond donors (Lipinski definition) is 1. The van der Waals surface area contributed by atoms with Gasteiger partial charge in [-0.2, -0.15) is 9.40 Å². The maximum Gasteiger partial charge on any atom is 0.246 e. The predicted molar refractivity (Wildman–Crippen MR) is 75.8 cm³/mol. The quantitative estimate of drug-likeness (QED) is 0.897. The Hall–Kier alpha value is -0.920. The number of rotatable bonds is 3. The Bertz CT molecular complexity index is 594. The monoisotopic (exact) mass is 301 g/mol. The first-order valence-corrected chi connectivity index (χ1v) is 8.36. The van der Waals surface area contributed by atoms with Gasteiger partial charge in [-0.3, -0.25) is 4.68 Å². The van der Waals surface area contributed by atoms with E-state index in [0.717, 1.165) is 12.8 Å². The molecule has 114 valence electrons. The average Bonchev–Trinajstić information content (AvgIpc) is 2.64.